The predicted octanol–water partition coefficient (Wildman–Crippen LogP) is 5.33. The molecule has 2 aromatic carbocycles. The Morgan fingerprint density at radius 1 is 1.06 bits per heavy atom. The Hall–Kier alpha value is -3.69. The summed E-state index contributed by atoms with van der Waals surface area (Å²) in [4.78, 5) is 24.6. The second-order valence-corrected chi connectivity index (χ2v) is 7.05. The third-order valence-corrected chi connectivity index (χ3v) is 4.16. The first kappa shape index (κ1) is 24.0. The second kappa shape index (κ2) is 9.85. The first-order valence-corrected chi connectivity index (χ1v) is 10.00. The smallest absolute Gasteiger partial charge is 0.453 e. The summed E-state index contributed by atoms with van der Waals surface area (Å²) < 4.78 is 67.2. The summed E-state index contributed by atoms with van der Waals surface area (Å²) >= 11 is 0. The molecule has 0 aliphatic carbocycles. The number of ether oxygens (including phenoxy) is 4. The topological polar surface area (TPSA) is 84.2 Å². The van der Waals surface area contributed by atoms with Gasteiger partial charge in [-0.15, -0.1) is 0 Å². The van der Waals surface area contributed by atoms with Crippen LogP contribution in [0.25, 0.3) is 11.0 Å². The average Bonchev–Trinajstić information content (AvgIpc) is 2.74. The van der Waals surface area contributed by atoms with Crippen LogP contribution in [0.4, 0.5) is 13.2 Å². The molecule has 0 amide bonds. The summed E-state index contributed by atoms with van der Waals surface area (Å²) in [7, 11) is 0. The maximum absolute atomic E-state index is 13.7. The zero-order valence-corrected chi connectivity index (χ0v) is 18.0. The highest BCUT2D eigenvalue weighted by molar-refractivity contribution is 5.80. The van der Waals surface area contributed by atoms with Crippen LogP contribution in [0, 0.1) is 0 Å². The normalized spacial score (nSPS) is 11.5. The Labute approximate surface area is 186 Å². The van der Waals surface area contributed by atoms with Gasteiger partial charge in [-0.1, -0.05) is 12.1 Å². The number of benzene rings is 2. The molecule has 33 heavy (non-hydrogen) atoms. The van der Waals surface area contributed by atoms with Crippen LogP contribution in [-0.4, -0.2) is 25.3 Å². The van der Waals surface area contributed by atoms with Crippen molar-refractivity contribution >= 4 is 16.9 Å². The summed E-state index contributed by atoms with van der Waals surface area (Å²) in [6.45, 7) is 4.80. The molecule has 0 radical (unpaired) electrons. The lowest BCUT2D eigenvalue weighted by atomic mass is 10.2. The average molecular weight is 466 g/mol. The lowest BCUT2D eigenvalue weighted by Gasteiger charge is -2.15. The van der Waals surface area contributed by atoms with Gasteiger partial charge in [0.15, 0.2) is 18.1 Å². The van der Waals surface area contributed by atoms with Crippen molar-refractivity contribution in [3.05, 3.63) is 58.4 Å². The van der Waals surface area contributed by atoms with Crippen molar-refractivity contribution in [2.75, 3.05) is 13.2 Å². The molecule has 3 aromatic rings. The molecule has 1 heterocycles. The van der Waals surface area contributed by atoms with Crippen molar-refractivity contribution < 1.29 is 41.3 Å². The van der Waals surface area contributed by atoms with Crippen molar-refractivity contribution in [3.63, 3.8) is 0 Å². The van der Waals surface area contributed by atoms with Crippen molar-refractivity contribution in [1.29, 1.82) is 0 Å². The number of carbonyl (C=O) groups is 1. The van der Waals surface area contributed by atoms with Crippen LogP contribution in [0.3, 0.4) is 0 Å². The molecular weight excluding hydrogens is 445 g/mol. The zero-order chi connectivity index (χ0) is 24.2. The SMILES string of the molecule is CCOc1ccccc1Oc1c(C(F)(F)F)oc2cc(OCC(=O)OC(C)C)ccc2c1=O. The van der Waals surface area contributed by atoms with Gasteiger partial charge in [0.25, 0.3) is 5.76 Å². The number of halogens is 3. The summed E-state index contributed by atoms with van der Waals surface area (Å²) in [6, 6.07) is 9.67. The van der Waals surface area contributed by atoms with Crippen LogP contribution >= 0.6 is 0 Å². The van der Waals surface area contributed by atoms with E-state index < -0.39 is 35.7 Å². The minimum absolute atomic E-state index is 0.0230. The van der Waals surface area contributed by atoms with Crippen LogP contribution in [0.2, 0.25) is 0 Å². The monoisotopic (exact) mass is 466 g/mol. The van der Waals surface area contributed by atoms with Crippen LogP contribution < -0.4 is 19.6 Å². The standard InChI is InChI=1S/C23H21F3O7/c1-4-29-16-7-5-6-8-17(16)32-21-20(28)15-10-9-14(30-12-19(27)31-13(2)3)11-18(15)33-22(21)23(24,25)26/h5-11,13H,4,12H2,1-3H3. The van der Waals surface area contributed by atoms with Gasteiger partial charge in [-0.05, 0) is 45.0 Å². The van der Waals surface area contributed by atoms with Gasteiger partial charge < -0.3 is 23.4 Å². The molecule has 0 bridgehead atoms. The molecule has 0 atom stereocenters. The van der Waals surface area contributed by atoms with E-state index in [1.165, 1.54) is 30.3 Å². The number of hydrogen-bond acceptors (Lipinski definition) is 7. The molecular formula is C23H21F3O7. The van der Waals surface area contributed by atoms with E-state index in [-0.39, 0.29) is 40.9 Å². The highest BCUT2D eigenvalue weighted by Gasteiger charge is 2.40. The van der Waals surface area contributed by atoms with Gasteiger partial charge >= 0.3 is 12.1 Å². The van der Waals surface area contributed by atoms with E-state index in [4.69, 9.17) is 23.4 Å². The van der Waals surface area contributed by atoms with Gasteiger partial charge in [-0.3, -0.25) is 4.79 Å². The van der Waals surface area contributed by atoms with E-state index in [9.17, 15) is 22.8 Å². The van der Waals surface area contributed by atoms with E-state index >= 15 is 0 Å². The van der Waals surface area contributed by atoms with Crippen LogP contribution in [0.5, 0.6) is 23.0 Å². The lowest BCUT2D eigenvalue weighted by Crippen LogP contribution is -2.19. The zero-order valence-electron chi connectivity index (χ0n) is 18.0. The van der Waals surface area contributed by atoms with E-state index in [1.54, 1.807) is 26.8 Å². The third kappa shape index (κ3) is 5.76. The number of para-hydroxylation sites is 2. The summed E-state index contributed by atoms with van der Waals surface area (Å²) in [6.07, 6.45) is -5.38. The number of alkyl halides is 3. The Balaban J connectivity index is 2.02. The van der Waals surface area contributed by atoms with Crippen LogP contribution in [0.15, 0.2) is 51.7 Å². The van der Waals surface area contributed by atoms with Crippen molar-refractivity contribution in [1.82, 2.24) is 0 Å². The largest absolute Gasteiger partial charge is 0.490 e. The number of hydrogen-bond donors (Lipinski definition) is 0. The molecule has 0 saturated carbocycles. The molecule has 7 nitrogen and oxygen atoms in total. The van der Waals surface area contributed by atoms with Gasteiger partial charge in [-0.25, -0.2) is 4.79 Å². The van der Waals surface area contributed by atoms with Crippen molar-refractivity contribution in [2.24, 2.45) is 0 Å². The number of fused-ring (bicyclic) bond motifs is 1. The van der Waals surface area contributed by atoms with Crippen LogP contribution in [0.1, 0.15) is 26.5 Å². The molecule has 0 unspecified atom stereocenters. The molecule has 10 heteroatoms. The van der Waals surface area contributed by atoms with E-state index in [0.29, 0.717) is 0 Å². The van der Waals surface area contributed by atoms with Gasteiger partial charge in [0, 0.05) is 6.07 Å². The number of carbonyl (C=O) groups excluding carboxylic acids is 1. The quantitative estimate of drug-likeness (QED) is 0.415. The van der Waals surface area contributed by atoms with Gasteiger partial charge in [0.1, 0.15) is 11.3 Å². The fraction of sp³-hybridized carbons (Fsp3) is 0.304. The van der Waals surface area contributed by atoms with Crippen molar-refractivity contribution in [3.8, 4) is 23.0 Å². The maximum atomic E-state index is 13.7. The summed E-state index contributed by atoms with van der Waals surface area (Å²) in [5.41, 5.74) is -1.41. The van der Waals surface area contributed by atoms with E-state index in [0.717, 1.165) is 6.07 Å². The second-order valence-electron chi connectivity index (χ2n) is 7.05. The van der Waals surface area contributed by atoms with E-state index in [1.807, 2.05) is 0 Å². The number of esters is 1. The molecule has 0 fully saturated rings. The number of rotatable bonds is 8. The molecule has 0 saturated heterocycles. The van der Waals surface area contributed by atoms with Crippen LogP contribution in [-0.2, 0) is 15.7 Å². The summed E-state index contributed by atoms with van der Waals surface area (Å²) in [5.74, 6) is -3.15. The highest BCUT2D eigenvalue weighted by atomic mass is 19.4. The minimum atomic E-state index is -5.03. The Kier molecular flexibility index (Phi) is 7.15. The molecule has 1 aromatic heterocycles. The Morgan fingerprint density at radius 2 is 1.76 bits per heavy atom. The molecule has 176 valence electrons. The molecule has 3 rings (SSSR count). The van der Waals surface area contributed by atoms with Crippen molar-refractivity contribution in [2.45, 2.75) is 33.1 Å². The predicted molar refractivity (Wildman–Crippen MR) is 112 cm³/mol. The van der Waals surface area contributed by atoms with E-state index in [2.05, 4.69) is 0 Å². The highest BCUT2D eigenvalue weighted by Crippen LogP contribution is 2.40. The van der Waals surface area contributed by atoms with Gasteiger partial charge in [0.05, 0.1) is 18.1 Å². The fourth-order valence-corrected chi connectivity index (χ4v) is 2.88. The maximum Gasteiger partial charge on any atom is 0.453 e. The molecule has 0 aliphatic heterocycles. The first-order chi connectivity index (χ1) is 15.6. The molecule has 0 spiro atoms. The summed E-state index contributed by atoms with van der Waals surface area (Å²) in [5, 5.41) is -0.163. The lowest BCUT2D eigenvalue weighted by molar-refractivity contribution is -0.154. The minimum Gasteiger partial charge on any atom is -0.490 e. The van der Waals surface area contributed by atoms with Gasteiger partial charge in [-0.2, -0.15) is 13.2 Å². The first-order valence-electron chi connectivity index (χ1n) is 10.00. The molecule has 0 N–H and O–H groups in total. The van der Waals surface area contributed by atoms with Gasteiger partial charge in [0.2, 0.25) is 11.2 Å². The third-order valence-electron chi connectivity index (χ3n) is 4.16. The Bertz CT molecular complexity index is 1200. The fourth-order valence-electron chi connectivity index (χ4n) is 2.88. The Morgan fingerprint density at radius 3 is 2.39 bits per heavy atom. The molecule has 0 aliphatic rings.